The number of nitrogens with zero attached hydrogens (tertiary/aromatic N) is 3. The van der Waals surface area contributed by atoms with Gasteiger partial charge in [-0.25, -0.2) is 4.79 Å². The molecule has 3 amide bonds. The molecule has 0 saturated heterocycles. The van der Waals surface area contributed by atoms with Gasteiger partial charge in [-0.1, -0.05) is 11.8 Å². The number of thioether (sulfide) groups is 1. The minimum Gasteiger partial charge on any atom is -0.368 e. The molecule has 4 N–H and O–H groups in total. The number of nitrogens with one attached hydrogen (secondary N) is 2. The number of aromatic nitrogens is 3. The molecule has 1 unspecified atom stereocenters. The maximum Gasteiger partial charge on any atom is 0.321 e. The fourth-order valence-electron chi connectivity index (χ4n) is 1.48. The Morgan fingerprint density at radius 2 is 2.00 bits per heavy atom. The molecule has 1 heterocycles. The fraction of sp³-hybridized carbons (Fsp3) is 0.636. The summed E-state index contributed by atoms with van der Waals surface area (Å²) in [7, 11) is 0. The lowest BCUT2D eigenvalue weighted by molar-refractivity contribution is -0.119. The summed E-state index contributed by atoms with van der Waals surface area (Å²) < 4.78 is 1.74. The van der Waals surface area contributed by atoms with Crippen LogP contribution in [0.3, 0.4) is 0 Å². The van der Waals surface area contributed by atoms with E-state index in [1.807, 2.05) is 13.8 Å². The largest absolute Gasteiger partial charge is 0.368 e. The zero-order valence-corrected chi connectivity index (χ0v) is 12.8. The van der Waals surface area contributed by atoms with Crippen molar-refractivity contribution in [2.45, 2.75) is 44.1 Å². The van der Waals surface area contributed by atoms with Gasteiger partial charge in [0.05, 0.1) is 5.25 Å². The SMILES string of the molecule is CCNC(=O)NC(=O)C(C)Sc1nnc(N)n1C(C)C. The topological polar surface area (TPSA) is 115 Å². The van der Waals surface area contributed by atoms with E-state index in [0.717, 1.165) is 0 Å². The number of carbonyl (C=O) groups excluding carboxylic acids is 2. The van der Waals surface area contributed by atoms with Crippen LogP contribution in [0.4, 0.5) is 10.7 Å². The van der Waals surface area contributed by atoms with Gasteiger partial charge in [0, 0.05) is 12.6 Å². The predicted molar refractivity (Wildman–Crippen MR) is 77.4 cm³/mol. The summed E-state index contributed by atoms with van der Waals surface area (Å²) in [4.78, 5) is 23.1. The van der Waals surface area contributed by atoms with E-state index in [-0.39, 0.29) is 6.04 Å². The van der Waals surface area contributed by atoms with Crippen LogP contribution in [0.5, 0.6) is 0 Å². The number of nitrogen functional groups attached to an aromatic ring is 1. The number of rotatable bonds is 5. The van der Waals surface area contributed by atoms with Gasteiger partial charge in [0.1, 0.15) is 0 Å². The van der Waals surface area contributed by atoms with E-state index >= 15 is 0 Å². The summed E-state index contributed by atoms with van der Waals surface area (Å²) in [5, 5.41) is 12.6. The molecule has 8 nitrogen and oxygen atoms in total. The molecule has 1 aromatic heterocycles. The van der Waals surface area contributed by atoms with E-state index in [0.29, 0.717) is 17.6 Å². The van der Waals surface area contributed by atoms with E-state index < -0.39 is 17.2 Å². The Bertz CT molecular complexity index is 487. The van der Waals surface area contributed by atoms with Crippen LogP contribution in [0.25, 0.3) is 0 Å². The number of hydrogen-bond donors (Lipinski definition) is 3. The summed E-state index contributed by atoms with van der Waals surface area (Å²) in [6.07, 6.45) is 0. The van der Waals surface area contributed by atoms with Crippen molar-refractivity contribution in [3.8, 4) is 0 Å². The van der Waals surface area contributed by atoms with Gasteiger partial charge in [-0.15, -0.1) is 10.2 Å². The lowest BCUT2D eigenvalue weighted by Gasteiger charge is -2.14. The highest BCUT2D eigenvalue weighted by atomic mass is 32.2. The second-order valence-electron chi connectivity index (χ2n) is 4.41. The summed E-state index contributed by atoms with van der Waals surface area (Å²) in [5.74, 6) is -0.0864. The first-order valence-corrected chi connectivity index (χ1v) is 7.20. The fourth-order valence-corrected chi connectivity index (χ4v) is 2.47. The van der Waals surface area contributed by atoms with Crippen molar-refractivity contribution in [2.75, 3.05) is 12.3 Å². The third kappa shape index (κ3) is 4.12. The molecule has 0 aliphatic heterocycles. The Hall–Kier alpha value is -1.77. The summed E-state index contributed by atoms with van der Waals surface area (Å²) in [6.45, 7) is 7.82. The highest BCUT2D eigenvalue weighted by Crippen LogP contribution is 2.26. The number of anilines is 1. The average molecular weight is 300 g/mol. The molecule has 0 aliphatic carbocycles. The molecule has 0 bridgehead atoms. The van der Waals surface area contributed by atoms with Crippen LogP contribution in [-0.2, 0) is 4.79 Å². The zero-order chi connectivity index (χ0) is 15.3. The van der Waals surface area contributed by atoms with Crippen LogP contribution in [-0.4, -0.2) is 38.5 Å². The quantitative estimate of drug-likeness (QED) is 0.692. The van der Waals surface area contributed by atoms with Crippen LogP contribution >= 0.6 is 11.8 Å². The molecule has 0 spiro atoms. The van der Waals surface area contributed by atoms with Gasteiger partial charge in [0.2, 0.25) is 11.9 Å². The molecule has 0 saturated carbocycles. The third-order valence-corrected chi connectivity index (χ3v) is 3.49. The van der Waals surface area contributed by atoms with Crippen LogP contribution in [0.1, 0.15) is 33.7 Å². The van der Waals surface area contributed by atoms with Crippen molar-refractivity contribution >= 4 is 29.6 Å². The van der Waals surface area contributed by atoms with Gasteiger partial charge >= 0.3 is 6.03 Å². The average Bonchev–Trinajstić information content (AvgIpc) is 2.70. The van der Waals surface area contributed by atoms with Crippen molar-refractivity contribution < 1.29 is 9.59 Å². The van der Waals surface area contributed by atoms with Gasteiger partial charge in [0.25, 0.3) is 0 Å². The first-order valence-electron chi connectivity index (χ1n) is 6.32. The number of nitrogens with two attached hydrogens (primary N) is 1. The van der Waals surface area contributed by atoms with Crippen LogP contribution in [0.15, 0.2) is 5.16 Å². The number of imide groups is 1. The second-order valence-corrected chi connectivity index (χ2v) is 5.72. The molecular weight excluding hydrogens is 280 g/mol. The number of amides is 3. The predicted octanol–water partition coefficient (Wildman–Crippen LogP) is 0.767. The first kappa shape index (κ1) is 16.3. The molecule has 0 aliphatic rings. The Morgan fingerprint density at radius 3 is 2.55 bits per heavy atom. The van der Waals surface area contributed by atoms with Gasteiger partial charge < -0.3 is 11.1 Å². The van der Waals surface area contributed by atoms with Crippen molar-refractivity contribution in [3.05, 3.63) is 0 Å². The standard InChI is InChI=1S/C11H20N6O2S/c1-5-13-10(19)14-8(18)7(4)20-11-16-15-9(12)17(11)6(2)3/h6-7H,5H2,1-4H3,(H2,12,15)(H2,13,14,18,19). The zero-order valence-electron chi connectivity index (χ0n) is 12.0. The molecule has 0 radical (unpaired) electrons. The van der Waals surface area contributed by atoms with E-state index in [9.17, 15) is 9.59 Å². The van der Waals surface area contributed by atoms with E-state index in [4.69, 9.17) is 5.73 Å². The summed E-state index contributed by atoms with van der Waals surface area (Å²) >= 11 is 1.20. The Labute approximate surface area is 121 Å². The van der Waals surface area contributed by atoms with Gasteiger partial charge in [-0.3, -0.25) is 14.7 Å². The highest BCUT2D eigenvalue weighted by molar-refractivity contribution is 8.00. The Balaban J connectivity index is 2.69. The number of hydrogen-bond acceptors (Lipinski definition) is 6. The Morgan fingerprint density at radius 1 is 1.35 bits per heavy atom. The summed E-state index contributed by atoms with van der Waals surface area (Å²) in [6, 6.07) is -0.416. The number of carbonyl (C=O) groups is 2. The molecule has 1 rings (SSSR count). The maximum absolute atomic E-state index is 11.8. The van der Waals surface area contributed by atoms with Crippen molar-refractivity contribution in [2.24, 2.45) is 0 Å². The molecule has 1 aromatic rings. The molecule has 1 atom stereocenters. The van der Waals surface area contributed by atoms with Crippen LogP contribution in [0.2, 0.25) is 0 Å². The van der Waals surface area contributed by atoms with Gasteiger partial charge in [-0.2, -0.15) is 0 Å². The van der Waals surface area contributed by atoms with Crippen molar-refractivity contribution in [1.82, 2.24) is 25.4 Å². The second kappa shape index (κ2) is 7.13. The minimum atomic E-state index is -0.505. The molecular formula is C11H20N6O2S. The van der Waals surface area contributed by atoms with Crippen LogP contribution in [0, 0.1) is 0 Å². The Kier molecular flexibility index (Phi) is 5.81. The van der Waals surface area contributed by atoms with E-state index in [2.05, 4.69) is 20.8 Å². The monoisotopic (exact) mass is 300 g/mol. The molecule has 112 valence electrons. The third-order valence-electron chi connectivity index (χ3n) is 2.43. The lowest BCUT2D eigenvalue weighted by Crippen LogP contribution is -2.42. The molecule has 0 aromatic carbocycles. The molecule has 20 heavy (non-hydrogen) atoms. The smallest absolute Gasteiger partial charge is 0.321 e. The van der Waals surface area contributed by atoms with Crippen molar-refractivity contribution in [3.63, 3.8) is 0 Å². The molecule has 0 fully saturated rings. The maximum atomic E-state index is 11.8. The number of urea groups is 1. The lowest BCUT2D eigenvalue weighted by atomic mass is 10.4. The van der Waals surface area contributed by atoms with Gasteiger partial charge in [0.15, 0.2) is 5.16 Å². The molecule has 9 heteroatoms. The van der Waals surface area contributed by atoms with Gasteiger partial charge in [-0.05, 0) is 27.7 Å². The first-order chi connectivity index (χ1) is 9.36. The van der Waals surface area contributed by atoms with Crippen LogP contribution < -0.4 is 16.4 Å². The normalized spacial score (nSPS) is 12.2. The minimum absolute atomic E-state index is 0.0890. The summed E-state index contributed by atoms with van der Waals surface area (Å²) in [5.41, 5.74) is 5.73. The van der Waals surface area contributed by atoms with Crippen molar-refractivity contribution in [1.29, 1.82) is 0 Å². The van der Waals surface area contributed by atoms with E-state index in [1.165, 1.54) is 11.8 Å². The highest BCUT2D eigenvalue weighted by Gasteiger charge is 2.21. The van der Waals surface area contributed by atoms with E-state index in [1.54, 1.807) is 18.4 Å².